The van der Waals surface area contributed by atoms with E-state index in [9.17, 15) is 13.2 Å². The summed E-state index contributed by atoms with van der Waals surface area (Å²) in [4.78, 5) is 0. The molecule has 0 aliphatic heterocycles. The van der Waals surface area contributed by atoms with E-state index in [4.69, 9.17) is 14.2 Å². The normalized spacial score (nSPS) is 11.9. The third-order valence-corrected chi connectivity index (χ3v) is 5.71. The van der Waals surface area contributed by atoms with Crippen molar-refractivity contribution in [2.24, 2.45) is 5.10 Å². The maximum atomic E-state index is 12.9. The third kappa shape index (κ3) is 4.78. The standard InChI is InChI=1S/C21H19F3N6O3S/c1-31-16-8-14(9-17(32-2)18(16)33-3)10-25-29-12-26-30-19(29)27-28-20(30)34-11-13-5-4-6-15(7-13)21(22,23)24/h4-10,12H,11H2,1-3H3/b25-10+. The van der Waals surface area contributed by atoms with Gasteiger partial charge in [0.25, 0.3) is 5.78 Å². The minimum absolute atomic E-state index is 0.270. The van der Waals surface area contributed by atoms with Crippen molar-refractivity contribution < 1.29 is 27.4 Å². The van der Waals surface area contributed by atoms with Gasteiger partial charge in [0.15, 0.2) is 11.5 Å². The average Bonchev–Trinajstić information content (AvgIpc) is 3.42. The smallest absolute Gasteiger partial charge is 0.416 e. The number of alkyl halides is 3. The SMILES string of the molecule is COc1cc(/C=N/n2cnn3c(SCc4cccc(C(F)(F)F)c4)nnc23)cc(OC)c1OC. The van der Waals surface area contributed by atoms with Gasteiger partial charge in [-0.15, -0.1) is 10.2 Å². The maximum absolute atomic E-state index is 12.9. The van der Waals surface area contributed by atoms with Gasteiger partial charge in [-0.05, 0) is 23.8 Å². The van der Waals surface area contributed by atoms with Crippen LogP contribution in [0.3, 0.4) is 0 Å². The molecule has 0 aliphatic carbocycles. The quantitative estimate of drug-likeness (QED) is 0.270. The van der Waals surface area contributed by atoms with Crippen molar-refractivity contribution in [1.29, 1.82) is 0 Å². The lowest BCUT2D eigenvalue weighted by Gasteiger charge is -2.12. The van der Waals surface area contributed by atoms with Crippen molar-refractivity contribution in [3.05, 3.63) is 59.4 Å². The van der Waals surface area contributed by atoms with Crippen LogP contribution < -0.4 is 14.2 Å². The van der Waals surface area contributed by atoms with E-state index in [1.807, 2.05) is 0 Å². The van der Waals surface area contributed by atoms with Gasteiger partial charge in [0.1, 0.15) is 6.33 Å². The van der Waals surface area contributed by atoms with E-state index in [-0.39, 0.29) is 5.75 Å². The van der Waals surface area contributed by atoms with Crippen molar-refractivity contribution in [3.8, 4) is 17.2 Å². The molecule has 0 aliphatic rings. The summed E-state index contributed by atoms with van der Waals surface area (Å²) in [6.07, 6.45) is -1.37. The van der Waals surface area contributed by atoms with Crippen molar-refractivity contribution >= 4 is 23.8 Å². The maximum Gasteiger partial charge on any atom is 0.416 e. The second-order valence-electron chi connectivity index (χ2n) is 6.86. The topological polar surface area (TPSA) is 88.1 Å². The molecule has 2 heterocycles. The summed E-state index contributed by atoms with van der Waals surface area (Å²) in [7, 11) is 4.56. The van der Waals surface area contributed by atoms with Crippen LogP contribution >= 0.6 is 11.8 Å². The van der Waals surface area contributed by atoms with Gasteiger partial charge in [-0.25, -0.2) is 0 Å². The fourth-order valence-corrected chi connectivity index (χ4v) is 3.94. The largest absolute Gasteiger partial charge is 0.493 e. The van der Waals surface area contributed by atoms with Gasteiger partial charge < -0.3 is 14.2 Å². The fourth-order valence-electron chi connectivity index (χ4n) is 3.12. The molecule has 0 unspecified atom stereocenters. The van der Waals surface area contributed by atoms with E-state index < -0.39 is 11.7 Å². The minimum Gasteiger partial charge on any atom is -0.493 e. The van der Waals surface area contributed by atoms with Crippen LogP contribution in [-0.4, -0.2) is 52.0 Å². The summed E-state index contributed by atoms with van der Waals surface area (Å²) in [6.45, 7) is 0. The number of fused-ring (bicyclic) bond motifs is 1. The van der Waals surface area contributed by atoms with Crippen LogP contribution in [0, 0.1) is 0 Å². The van der Waals surface area contributed by atoms with E-state index in [1.165, 1.54) is 54.7 Å². The van der Waals surface area contributed by atoms with E-state index in [0.717, 1.165) is 12.1 Å². The van der Waals surface area contributed by atoms with Gasteiger partial charge in [-0.2, -0.15) is 32.6 Å². The molecule has 34 heavy (non-hydrogen) atoms. The number of rotatable bonds is 8. The van der Waals surface area contributed by atoms with Crippen molar-refractivity contribution in [1.82, 2.24) is 24.5 Å². The molecule has 0 N–H and O–H groups in total. The van der Waals surface area contributed by atoms with Crippen LogP contribution in [0.4, 0.5) is 13.2 Å². The van der Waals surface area contributed by atoms with Gasteiger partial charge >= 0.3 is 6.18 Å². The summed E-state index contributed by atoms with van der Waals surface area (Å²) in [6, 6.07) is 8.63. The summed E-state index contributed by atoms with van der Waals surface area (Å²) in [5, 5.41) is 17.2. The summed E-state index contributed by atoms with van der Waals surface area (Å²) in [5.74, 6) is 2.04. The zero-order chi connectivity index (χ0) is 24.3. The first-order valence-electron chi connectivity index (χ1n) is 9.76. The number of benzene rings is 2. The number of aromatic nitrogens is 5. The van der Waals surface area contributed by atoms with Crippen molar-refractivity contribution in [2.45, 2.75) is 17.1 Å². The first kappa shape index (κ1) is 23.4. The number of ether oxygens (including phenoxy) is 3. The predicted molar refractivity (Wildman–Crippen MR) is 119 cm³/mol. The molecule has 4 aromatic rings. The molecule has 2 aromatic carbocycles. The summed E-state index contributed by atoms with van der Waals surface area (Å²) < 4.78 is 57.7. The zero-order valence-corrected chi connectivity index (χ0v) is 19.1. The van der Waals surface area contributed by atoms with Crippen LogP contribution in [0.5, 0.6) is 17.2 Å². The molecule has 2 aromatic heterocycles. The third-order valence-electron chi connectivity index (χ3n) is 4.72. The van der Waals surface area contributed by atoms with E-state index in [0.29, 0.717) is 39.3 Å². The van der Waals surface area contributed by atoms with Gasteiger partial charge in [-0.3, -0.25) is 0 Å². The number of methoxy groups -OCH3 is 3. The molecule has 0 amide bonds. The Morgan fingerprint density at radius 2 is 1.76 bits per heavy atom. The molecule has 0 saturated heterocycles. The van der Waals surface area contributed by atoms with Crippen molar-refractivity contribution in [2.75, 3.05) is 21.3 Å². The predicted octanol–water partition coefficient (Wildman–Crippen LogP) is 4.14. The average molecular weight is 492 g/mol. The van der Waals surface area contributed by atoms with E-state index >= 15 is 0 Å². The summed E-state index contributed by atoms with van der Waals surface area (Å²) >= 11 is 1.22. The Labute approximate surface area is 196 Å². The molecule has 0 spiro atoms. The van der Waals surface area contributed by atoms with Crippen LogP contribution in [-0.2, 0) is 11.9 Å². The molecule has 9 nitrogen and oxygen atoms in total. The van der Waals surface area contributed by atoms with Gasteiger partial charge in [0.05, 0.1) is 33.1 Å². The molecule has 0 radical (unpaired) electrons. The Bertz CT molecular complexity index is 1310. The van der Waals surface area contributed by atoms with Gasteiger partial charge in [0, 0.05) is 11.3 Å². The molecule has 178 valence electrons. The number of hydrogen-bond acceptors (Lipinski definition) is 8. The second-order valence-corrected chi connectivity index (χ2v) is 7.80. The number of nitrogens with zero attached hydrogens (tertiary/aromatic N) is 6. The Kier molecular flexibility index (Phi) is 6.63. The van der Waals surface area contributed by atoms with Gasteiger partial charge in [-0.1, -0.05) is 30.0 Å². The molecule has 0 atom stereocenters. The Morgan fingerprint density at radius 3 is 2.41 bits per heavy atom. The lowest BCUT2D eigenvalue weighted by molar-refractivity contribution is -0.137. The Hall–Kier alpha value is -3.74. The highest BCUT2D eigenvalue weighted by molar-refractivity contribution is 7.98. The first-order valence-corrected chi connectivity index (χ1v) is 10.7. The highest BCUT2D eigenvalue weighted by Crippen LogP contribution is 2.37. The lowest BCUT2D eigenvalue weighted by Crippen LogP contribution is -2.04. The molecular weight excluding hydrogens is 473 g/mol. The molecule has 0 fully saturated rings. The van der Waals surface area contributed by atoms with Crippen LogP contribution in [0.15, 0.2) is 53.0 Å². The molecule has 4 rings (SSSR count). The monoisotopic (exact) mass is 492 g/mol. The Morgan fingerprint density at radius 1 is 1.03 bits per heavy atom. The zero-order valence-electron chi connectivity index (χ0n) is 18.3. The molecule has 13 heteroatoms. The van der Waals surface area contributed by atoms with Crippen LogP contribution in [0.25, 0.3) is 5.78 Å². The van der Waals surface area contributed by atoms with E-state index in [1.54, 1.807) is 24.4 Å². The second kappa shape index (κ2) is 9.63. The molecular formula is C21H19F3N6O3S. The fraction of sp³-hybridized carbons (Fsp3) is 0.238. The summed E-state index contributed by atoms with van der Waals surface area (Å²) in [5.41, 5.74) is 0.499. The Balaban J connectivity index is 1.53. The van der Waals surface area contributed by atoms with Crippen molar-refractivity contribution in [3.63, 3.8) is 0 Å². The van der Waals surface area contributed by atoms with Gasteiger partial charge in [0.2, 0.25) is 10.9 Å². The van der Waals surface area contributed by atoms with Crippen LogP contribution in [0.1, 0.15) is 16.7 Å². The van der Waals surface area contributed by atoms with Crippen LogP contribution in [0.2, 0.25) is 0 Å². The first-order chi connectivity index (χ1) is 16.3. The molecule has 0 saturated carbocycles. The highest BCUT2D eigenvalue weighted by atomic mass is 32.2. The number of halogens is 3. The number of hydrogen-bond donors (Lipinski definition) is 0. The number of thioether (sulfide) groups is 1. The molecule has 0 bridgehead atoms. The van der Waals surface area contributed by atoms with E-state index in [2.05, 4.69) is 20.4 Å². The lowest BCUT2D eigenvalue weighted by atomic mass is 10.1. The minimum atomic E-state index is -4.39. The highest BCUT2D eigenvalue weighted by Gasteiger charge is 2.30.